The number of hydrogen-bond donors (Lipinski definition) is 1. The first kappa shape index (κ1) is 15.9. The van der Waals surface area contributed by atoms with Crippen molar-refractivity contribution < 1.29 is 18.3 Å². The van der Waals surface area contributed by atoms with Gasteiger partial charge in [-0.05, 0) is 44.9 Å². The number of sulfonamides is 1. The lowest BCUT2D eigenvalue weighted by atomic mass is 10.2. The van der Waals surface area contributed by atoms with Gasteiger partial charge in [0.1, 0.15) is 6.04 Å². The summed E-state index contributed by atoms with van der Waals surface area (Å²) >= 11 is 0. The minimum Gasteiger partial charge on any atom is -0.480 e. The molecule has 1 aromatic carbocycles. The highest BCUT2D eigenvalue weighted by molar-refractivity contribution is 7.89. The van der Waals surface area contributed by atoms with Crippen LogP contribution in [0.3, 0.4) is 0 Å². The predicted octanol–water partition coefficient (Wildman–Crippen LogP) is 1.85. The maximum Gasteiger partial charge on any atom is 0.322 e. The highest BCUT2D eigenvalue weighted by Crippen LogP contribution is 2.28. The quantitative estimate of drug-likeness (QED) is 0.919. The van der Waals surface area contributed by atoms with Gasteiger partial charge < -0.3 is 5.11 Å². The van der Waals surface area contributed by atoms with E-state index in [1.807, 2.05) is 18.5 Å². The Kier molecular flexibility index (Phi) is 3.89. The van der Waals surface area contributed by atoms with Gasteiger partial charge in [-0.3, -0.25) is 9.48 Å². The van der Waals surface area contributed by atoms with Crippen molar-refractivity contribution >= 4 is 26.9 Å². The lowest BCUT2D eigenvalue weighted by molar-refractivity contribution is -0.140. The fourth-order valence-corrected chi connectivity index (χ4v) is 4.70. The molecule has 0 amide bonds. The predicted molar refractivity (Wildman–Crippen MR) is 84.7 cm³/mol. The molecule has 2 heterocycles. The van der Waals surface area contributed by atoms with Crippen LogP contribution in [0.1, 0.15) is 32.7 Å². The van der Waals surface area contributed by atoms with E-state index in [-0.39, 0.29) is 17.5 Å². The molecule has 1 fully saturated rings. The van der Waals surface area contributed by atoms with Crippen molar-refractivity contribution in [2.45, 2.75) is 43.7 Å². The summed E-state index contributed by atoms with van der Waals surface area (Å²) < 4.78 is 28.4. The molecule has 2 aromatic rings. The van der Waals surface area contributed by atoms with Crippen molar-refractivity contribution in [3.8, 4) is 0 Å². The van der Waals surface area contributed by atoms with E-state index in [9.17, 15) is 18.3 Å². The fraction of sp³-hybridized carbons (Fsp3) is 0.467. The maximum atomic E-state index is 12.8. The first-order valence-corrected chi connectivity index (χ1v) is 8.98. The topological polar surface area (TPSA) is 92.5 Å². The Morgan fingerprint density at radius 2 is 2.13 bits per heavy atom. The molecule has 1 N–H and O–H groups in total. The van der Waals surface area contributed by atoms with Gasteiger partial charge >= 0.3 is 5.97 Å². The van der Waals surface area contributed by atoms with Crippen LogP contribution in [0.25, 0.3) is 10.9 Å². The van der Waals surface area contributed by atoms with Crippen LogP contribution in [0.15, 0.2) is 29.3 Å². The number of fused-ring (bicyclic) bond motifs is 1. The molecule has 124 valence electrons. The molecule has 0 spiro atoms. The number of nitrogens with zero attached hydrogens (tertiary/aromatic N) is 3. The fourth-order valence-electron chi connectivity index (χ4n) is 3.01. The molecule has 7 nitrogen and oxygen atoms in total. The van der Waals surface area contributed by atoms with Gasteiger partial charge in [-0.2, -0.15) is 9.40 Å². The van der Waals surface area contributed by atoms with E-state index in [0.717, 1.165) is 15.2 Å². The molecule has 0 radical (unpaired) electrons. The molecule has 0 saturated carbocycles. The number of hydrogen-bond acceptors (Lipinski definition) is 4. The van der Waals surface area contributed by atoms with Gasteiger partial charge in [0.15, 0.2) is 0 Å². The van der Waals surface area contributed by atoms with Crippen LogP contribution in [0, 0.1) is 0 Å². The second-order valence-electron chi connectivity index (χ2n) is 6.02. The van der Waals surface area contributed by atoms with E-state index >= 15 is 0 Å². The number of rotatable bonds is 4. The summed E-state index contributed by atoms with van der Waals surface area (Å²) in [5, 5.41) is 14.2. The molecule has 1 unspecified atom stereocenters. The summed E-state index contributed by atoms with van der Waals surface area (Å²) in [5.74, 6) is -1.10. The molecule has 1 atom stereocenters. The van der Waals surface area contributed by atoms with Crippen molar-refractivity contribution in [3.63, 3.8) is 0 Å². The third kappa shape index (κ3) is 2.61. The minimum atomic E-state index is -3.82. The van der Waals surface area contributed by atoms with E-state index in [1.54, 1.807) is 18.3 Å². The van der Waals surface area contributed by atoms with Gasteiger partial charge in [0.25, 0.3) is 0 Å². The first-order valence-electron chi connectivity index (χ1n) is 7.54. The number of aromatic nitrogens is 2. The summed E-state index contributed by atoms with van der Waals surface area (Å²) in [6.07, 6.45) is 2.54. The Bertz CT molecular complexity index is 857. The van der Waals surface area contributed by atoms with E-state index in [1.165, 1.54) is 6.07 Å². The lowest BCUT2D eigenvalue weighted by Gasteiger charge is -2.21. The lowest BCUT2D eigenvalue weighted by Crippen LogP contribution is -2.40. The second kappa shape index (κ2) is 5.61. The zero-order chi connectivity index (χ0) is 16.8. The Hall–Kier alpha value is -1.93. The Morgan fingerprint density at radius 1 is 1.39 bits per heavy atom. The molecule has 23 heavy (non-hydrogen) atoms. The average Bonchev–Trinajstić information content (AvgIpc) is 3.13. The number of carboxylic acids is 1. The number of carboxylic acid groups (broad SMARTS) is 1. The Balaban J connectivity index is 2.03. The third-order valence-electron chi connectivity index (χ3n) is 4.15. The first-order chi connectivity index (χ1) is 10.8. The van der Waals surface area contributed by atoms with Crippen LogP contribution in [0.4, 0.5) is 0 Å². The van der Waals surface area contributed by atoms with Gasteiger partial charge in [0, 0.05) is 18.0 Å². The number of benzene rings is 1. The zero-order valence-electron chi connectivity index (χ0n) is 13.0. The van der Waals surface area contributed by atoms with Crippen molar-refractivity contribution in [2.75, 3.05) is 6.54 Å². The van der Waals surface area contributed by atoms with Gasteiger partial charge in [0.2, 0.25) is 10.0 Å². The minimum absolute atomic E-state index is 0.112. The number of carbonyl (C=O) groups is 1. The summed E-state index contributed by atoms with van der Waals surface area (Å²) in [4.78, 5) is 11.4. The van der Waals surface area contributed by atoms with Crippen molar-refractivity contribution in [2.24, 2.45) is 0 Å². The molecule has 0 aliphatic carbocycles. The highest BCUT2D eigenvalue weighted by atomic mass is 32.2. The van der Waals surface area contributed by atoms with E-state index < -0.39 is 22.0 Å². The largest absolute Gasteiger partial charge is 0.480 e. The summed E-state index contributed by atoms with van der Waals surface area (Å²) in [7, 11) is -3.82. The normalized spacial score (nSPS) is 19.7. The van der Waals surface area contributed by atoms with Crippen molar-refractivity contribution in [1.29, 1.82) is 0 Å². The van der Waals surface area contributed by atoms with Crippen LogP contribution < -0.4 is 0 Å². The SMILES string of the molecule is CC(C)n1ncc2cc(S(=O)(=O)N3CCCC3C(=O)O)ccc21. The van der Waals surface area contributed by atoms with E-state index in [2.05, 4.69) is 5.10 Å². The summed E-state index contributed by atoms with van der Waals surface area (Å²) in [6.45, 7) is 4.24. The molecular formula is C15H19N3O4S. The Morgan fingerprint density at radius 3 is 2.78 bits per heavy atom. The van der Waals surface area contributed by atoms with E-state index in [0.29, 0.717) is 12.8 Å². The van der Waals surface area contributed by atoms with Crippen LogP contribution >= 0.6 is 0 Å². The van der Waals surface area contributed by atoms with Gasteiger partial charge in [-0.15, -0.1) is 0 Å². The Labute approximate surface area is 134 Å². The molecule has 8 heteroatoms. The zero-order valence-corrected chi connectivity index (χ0v) is 13.8. The second-order valence-corrected chi connectivity index (χ2v) is 7.91. The summed E-state index contributed by atoms with van der Waals surface area (Å²) in [5.41, 5.74) is 0.857. The van der Waals surface area contributed by atoms with Crippen LogP contribution in [0.5, 0.6) is 0 Å². The highest BCUT2D eigenvalue weighted by Gasteiger charge is 2.39. The smallest absolute Gasteiger partial charge is 0.322 e. The molecule has 0 bridgehead atoms. The summed E-state index contributed by atoms with van der Waals surface area (Å²) in [6, 6.07) is 4.00. The van der Waals surface area contributed by atoms with Gasteiger partial charge in [-0.1, -0.05) is 0 Å². The number of aliphatic carboxylic acids is 1. The van der Waals surface area contributed by atoms with Gasteiger partial charge in [-0.25, -0.2) is 8.42 Å². The van der Waals surface area contributed by atoms with Crippen LogP contribution in [-0.2, 0) is 14.8 Å². The van der Waals surface area contributed by atoms with Crippen molar-refractivity contribution in [1.82, 2.24) is 14.1 Å². The van der Waals surface area contributed by atoms with Crippen LogP contribution in [-0.4, -0.2) is 46.2 Å². The molecule has 1 aromatic heterocycles. The molecule has 1 aliphatic rings. The standard InChI is InChI=1S/C15H19N3O4S/c1-10(2)18-13-6-5-12(8-11(13)9-16-18)23(21,22)17-7-3-4-14(17)15(19)20/h5-6,8-10,14H,3-4,7H2,1-2H3,(H,19,20). The monoisotopic (exact) mass is 337 g/mol. The molecule has 1 aliphatic heterocycles. The van der Waals surface area contributed by atoms with E-state index in [4.69, 9.17) is 0 Å². The third-order valence-corrected chi connectivity index (χ3v) is 6.06. The van der Waals surface area contributed by atoms with Gasteiger partial charge in [0.05, 0.1) is 16.6 Å². The average molecular weight is 337 g/mol. The molecule has 3 rings (SSSR count). The maximum absolute atomic E-state index is 12.8. The van der Waals surface area contributed by atoms with Crippen LogP contribution in [0.2, 0.25) is 0 Å². The molecule has 1 saturated heterocycles. The van der Waals surface area contributed by atoms with Crippen molar-refractivity contribution in [3.05, 3.63) is 24.4 Å². The molecular weight excluding hydrogens is 318 g/mol.